The molecule has 0 radical (unpaired) electrons. The van der Waals surface area contributed by atoms with Gasteiger partial charge in [0.1, 0.15) is 5.75 Å². The molecule has 8 heteroatoms. The molecule has 0 unspecified atom stereocenters. The third-order valence-corrected chi connectivity index (χ3v) is 5.55. The zero-order chi connectivity index (χ0) is 18.5. The quantitative estimate of drug-likeness (QED) is 0.478. The van der Waals surface area contributed by atoms with Crippen LogP contribution in [0.2, 0.25) is 0 Å². The molecule has 2 heterocycles. The van der Waals surface area contributed by atoms with Crippen LogP contribution in [0.5, 0.6) is 5.75 Å². The van der Waals surface area contributed by atoms with Crippen molar-refractivity contribution in [3.8, 4) is 5.75 Å². The van der Waals surface area contributed by atoms with Crippen LogP contribution in [0.15, 0.2) is 40.7 Å². The monoisotopic (exact) mass is 374 g/mol. The third kappa shape index (κ3) is 4.46. The molecule has 0 amide bonds. The van der Waals surface area contributed by atoms with Crippen molar-refractivity contribution in [3.63, 3.8) is 0 Å². The highest BCUT2D eigenvalue weighted by molar-refractivity contribution is 7.10. The Balaban J connectivity index is 1.75. The number of piperazine rings is 1. The summed E-state index contributed by atoms with van der Waals surface area (Å²) in [5.41, 5.74) is 0.306. The second kappa shape index (κ2) is 8.39. The van der Waals surface area contributed by atoms with Crippen LogP contribution in [0.25, 0.3) is 0 Å². The van der Waals surface area contributed by atoms with E-state index in [-0.39, 0.29) is 17.5 Å². The Morgan fingerprint density at radius 2 is 2.12 bits per heavy atom. The molecule has 0 spiro atoms. The zero-order valence-corrected chi connectivity index (χ0v) is 15.4. The summed E-state index contributed by atoms with van der Waals surface area (Å²) in [4.78, 5) is 20.9. The average Bonchev–Trinajstić information content (AvgIpc) is 3.15. The summed E-state index contributed by atoms with van der Waals surface area (Å²) < 4.78 is 0. The van der Waals surface area contributed by atoms with E-state index >= 15 is 0 Å². The number of thiophene rings is 1. The van der Waals surface area contributed by atoms with Gasteiger partial charge in [0.15, 0.2) is 0 Å². The first-order chi connectivity index (χ1) is 12.5. The summed E-state index contributed by atoms with van der Waals surface area (Å²) in [6, 6.07) is 8.30. The lowest BCUT2D eigenvalue weighted by Crippen LogP contribution is -2.46. The highest BCUT2D eigenvalue weighted by Gasteiger charge is 2.24. The molecule has 1 atom stereocenters. The van der Waals surface area contributed by atoms with Crippen molar-refractivity contribution in [2.24, 2.45) is 4.99 Å². The number of likely N-dealkylation sites (N-methyl/N-ethyl adjacent to an activating group) is 1. The number of aromatic hydroxyl groups is 1. The smallest absolute Gasteiger partial charge is 0.270 e. The van der Waals surface area contributed by atoms with Gasteiger partial charge in [-0.3, -0.25) is 20.0 Å². The lowest BCUT2D eigenvalue weighted by molar-refractivity contribution is -0.384. The first kappa shape index (κ1) is 18.5. The number of nitro benzene ring substituents is 1. The lowest BCUT2D eigenvalue weighted by atomic mass is 10.1. The zero-order valence-electron chi connectivity index (χ0n) is 14.6. The molecule has 1 aromatic heterocycles. The molecule has 2 aromatic rings. The van der Waals surface area contributed by atoms with Crippen LogP contribution in [0.1, 0.15) is 16.5 Å². The predicted octanol–water partition coefficient (Wildman–Crippen LogP) is 2.77. The summed E-state index contributed by atoms with van der Waals surface area (Å²) in [5.74, 6) is -0.00776. The van der Waals surface area contributed by atoms with Crippen molar-refractivity contribution in [2.75, 3.05) is 39.8 Å². The van der Waals surface area contributed by atoms with Gasteiger partial charge >= 0.3 is 0 Å². The van der Waals surface area contributed by atoms with Gasteiger partial charge in [-0.15, -0.1) is 11.3 Å². The SMILES string of the molecule is CN1CCN([C@H](CN=Cc2cc([N+](=O)[O-])ccc2O)c2cccs2)CC1. The van der Waals surface area contributed by atoms with Gasteiger partial charge in [-0.25, -0.2) is 0 Å². The number of nitro groups is 1. The van der Waals surface area contributed by atoms with Crippen LogP contribution >= 0.6 is 11.3 Å². The number of hydrogen-bond donors (Lipinski definition) is 1. The van der Waals surface area contributed by atoms with Crippen LogP contribution in [-0.2, 0) is 0 Å². The van der Waals surface area contributed by atoms with E-state index < -0.39 is 4.92 Å². The molecular formula is C18H22N4O3S. The minimum Gasteiger partial charge on any atom is -0.507 e. The van der Waals surface area contributed by atoms with Crippen molar-refractivity contribution in [3.05, 3.63) is 56.3 Å². The number of non-ortho nitro benzene ring substituents is 1. The summed E-state index contributed by atoms with van der Waals surface area (Å²) in [7, 11) is 2.13. The Bertz CT molecular complexity index is 771. The van der Waals surface area contributed by atoms with Gasteiger partial charge in [-0.05, 0) is 24.6 Å². The molecule has 1 aliphatic rings. The van der Waals surface area contributed by atoms with Crippen molar-refractivity contribution in [1.82, 2.24) is 9.80 Å². The molecule has 1 saturated heterocycles. The Morgan fingerprint density at radius 1 is 1.35 bits per heavy atom. The van der Waals surface area contributed by atoms with E-state index in [2.05, 4.69) is 33.3 Å². The molecule has 0 saturated carbocycles. The van der Waals surface area contributed by atoms with Crippen molar-refractivity contribution in [1.29, 1.82) is 0 Å². The third-order valence-electron chi connectivity index (χ3n) is 4.58. The predicted molar refractivity (Wildman–Crippen MR) is 103 cm³/mol. The molecule has 1 N–H and O–H groups in total. The Hall–Kier alpha value is -2.29. The highest BCUT2D eigenvalue weighted by atomic mass is 32.1. The molecule has 1 fully saturated rings. The lowest BCUT2D eigenvalue weighted by Gasteiger charge is -2.37. The van der Waals surface area contributed by atoms with Gasteiger partial charge in [-0.1, -0.05) is 6.07 Å². The molecule has 0 bridgehead atoms. The number of hydrogen-bond acceptors (Lipinski definition) is 7. The number of phenols is 1. The molecule has 1 aromatic carbocycles. The largest absolute Gasteiger partial charge is 0.507 e. The minimum atomic E-state index is -0.477. The van der Waals surface area contributed by atoms with E-state index in [1.165, 1.54) is 29.3 Å². The first-order valence-electron chi connectivity index (χ1n) is 8.48. The second-order valence-corrected chi connectivity index (χ2v) is 7.34. The van der Waals surface area contributed by atoms with Gasteiger partial charge in [0, 0.05) is 55.0 Å². The number of benzene rings is 1. The highest BCUT2D eigenvalue weighted by Crippen LogP contribution is 2.27. The second-order valence-electron chi connectivity index (χ2n) is 6.36. The number of rotatable bonds is 6. The van der Waals surface area contributed by atoms with Gasteiger partial charge < -0.3 is 10.0 Å². The number of phenolic OH excluding ortho intramolecular Hbond substituents is 1. The van der Waals surface area contributed by atoms with Gasteiger partial charge in [0.2, 0.25) is 0 Å². The topological polar surface area (TPSA) is 82.2 Å². The summed E-state index contributed by atoms with van der Waals surface area (Å²) in [6.07, 6.45) is 1.53. The summed E-state index contributed by atoms with van der Waals surface area (Å²) in [5, 5.41) is 22.9. The number of nitrogens with zero attached hydrogens (tertiary/aromatic N) is 4. The fourth-order valence-electron chi connectivity index (χ4n) is 3.01. The standard InChI is InChI=1S/C18H22N4O3S/c1-20-6-8-21(9-7-20)16(18-3-2-10-26-18)13-19-12-14-11-15(22(24)25)4-5-17(14)23/h2-5,10-12,16,23H,6-9,13H2,1H3/t16-/m1/s1. The van der Waals surface area contributed by atoms with E-state index in [0.29, 0.717) is 12.1 Å². The maximum absolute atomic E-state index is 10.9. The molecule has 1 aliphatic heterocycles. The van der Waals surface area contributed by atoms with Crippen LogP contribution in [-0.4, -0.2) is 65.8 Å². The Kier molecular flexibility index (Phi) is 5.97. The fourth-order valence-corrected chi connectivity index (χ4v) is 3.86. The normalized spacial score (nSPS) is 17.6. The number of aliphatic imine (C=N–C) groups is 1. The van der Waals surface area contributed by atoms with Crippen LogP contribution in [0, 0.1) is 10.1 Å². The van der Waals surface area contributed by atoms with Crippen molar-refractivity contribution in [2.45, 2.75) is 6.04 Å². The van der Waals surface area contributed by atoms with E-state index in [1.807, 2.05) is 6.07 Å². The van der Waals surface area contributed by atoms with E-state index in [9.17, 15) is 15.2 Å². The van der Waals surface area contributed by atoms with Crippen LogP contribution in [0.3, 0.4) is 0 Å². The summed E-state index contributed by atoms with van der Waals surface area (Å²) in [6.45, 7) is 4.56. The van der Waals surface area contributed by atoms with Crippen LogP contribution < -0.4 is 0 Å². The van der Waals surface area contributed by atoms with E-state index in [0.717, 1.165) is 26.2 Å². The maximum Gasteiger partial charge on any atom is 0.270 e. The average molecular weight is 374 g/mol. The first-order valence-corrected chi connectivity index (χ1v) is 9.36. The molecule has 26 heavy (non-hydrogen) atoms. The van der Waals surface area contributed by atoms with Crippen molar-refractivity contribution < 1.29 is 10.0 Å². The van der Waals surface area contributed by atoms with Gasteiger partial charge in [-0.2, -0.15) is 0 Å². The molecule has 7 nitrogen and oxygen atoms in total. The van der Waals surface area contributed by atoms with Gasteiger partial charge in [0.05, 0.1) is 17.5 Å². The fraction of sp³-hybridized carbons (Fsp3) is 0.389. The van der Waals surface area contributed by atoms with Gasteiger partial charge in [0.25, 0.3) is 5.69 Å². The molecule has 0 aliphatic carbocycles. The molecular weight excluding hydrogens is 352 g/mol. The van der Waals surface area contributed by atoms with Crippen LogP contribution in [0.4, 0.5) is 5.69 Å². The minimum absolute atomic E-state index is 0.00776. The maximum atomic E-state index is 10.9. The summed E-state index contributed by atoms with van der Waals surface area (Å²) >= 11 is 1.71. The van der Waals surface area contributed by atoms with E-state index in [4.69, 9.17) is 0 Å². The van der Waals surface area contributed by atoms with Crippen molar-refractivity contribution >= 4 is 23.2 Å². The molecule has 138 valence electrons. The van der Waals surface area contributed by atoms with E-state index in [1.54, 1.807) is 11.3 Å². The Labute approximate surface area is 156 Å². The Morgan fingerprint density at radius 3 is 2.77 bits per heavy atom. The molecule has 3 rings (SSSR count).